The van der Waals surface area contributed by atoms with E-state index < -0.39 is 0 Å². The summed E-state index contributed by atoms with van der Waals surface area (Å²) >= 11 is 3.25. The molecule has 4 rings (SSSR count). The lowest BCUT2D eigenvalue weighted by Gasteiger charge is -1.99. The molecule has 0 saturated carbocycles. The number of hydrogen-bond acceptors (Lipinski definition) is 7. The van der Waals surface area contributed by atoms with Crippen molar-refractivity contribution in [1.29, 1.82) is 0 Å². The topological polar surface area (TPSA) is 85.2 Å². The first kappa shape index (κ1) is 13.4. The van der Waals surface area contributed by atoms with Crippen LogP contribution < -0.4 is 0 Å². The maximum atomic E-state index is 4.65. The van der Waals surface area contributed by atoms with Gasteiger partial charge in [-0.2, -0.15) is 5.10 Å². The summed E-state index contributed by atoms with van der Waals surface area (Å²) in [6.07, 6.45) is 6.96. The first-order chi connectivity index (χ1) is 10.8. The van der Waals surface area contributed by atoms with Gasteiger partial charge in [0.2, 0.25) is 0 Å². The van der Waals surface area contributed by atoms with E-state index in [0.29, 0.717) is 5.65 Å². The van der Waals surface area contributed by atoms with E-state index in [9.17, 15) is 0 Å². The summed E-state index contributed by atoms with van der Waals surface area (Å²) in [6.45, 7) is 0. The van der Waals surface area contributed by atoms with Gasteiger partial charge in [-0.3, -0.25) is 4.68 Å². The number of nitrogens with one attached hydrogen (secondary N) is 1. The number of imidazole rings is 1. The van der Waals surface area contributed by atoms with Gasteiger partial charge in [0.05, 0.1) is 18.2 Å². The summed E-state index contributed by atoms with van der Waals surface area (Å²) in [7, 11) is 1.90. The minimum atomic E-state index is 0.687. The van der Waals surface area contributed by atoms with Crippen molar-refractivity contribution in [2.75, 3.05) is 0 Å². The molecule has 1 N–H and O–H groups in total. The number of H-pyrrole nitrogens is 1. The molecule has 0 aliphatic carbocycles. The molecule has 0 aliphatic rings. The summed E-state index contributed by atoms with van der Waals surface area (Å²) in [5.74, 6) is 0.752. The summed E-state index contributed by atoms with van der Waals surface area (Å²) in [4.78, 5) is 20.3. The highest BCUT2D eigenvalue weighted by molar-refractivity contribution is 7.98. The Hall–Kier alpha value is -2.26. The maximum absolute atomic E-state index is 4.65. The predicted molar refractivity (Wildman–Crippen MR) is 85.6 cm³/mol. The molecule has 110 valence electrons. The van der Waals surface area contributed by atoms with Crippen LogP contribution in [0.3, 0.4) is 0 Å². The van der Waals surface area contributed by atoms with Crippen molar-refractivity contribution in [3.63, 3.8) is 0 Å². The lowest BCUT2D eigenvalue weighted by Crippen LogP contribution is -1.88. The average Bonchev–Trinajstić information content (AvgIpc) is 3.24. The molecule has 0 fully saturated rings. The van der Waals surface area contributed by atoms with Crippen LogP contribution in [0.2, 0.25) is 0 Å². The van der Waals surface area contributed by atoms with Crippen LogP contribution in [0.5, 0.6) is 0 Å². The molecule has 0 atom stereocenters. The van der Waals surface area contributed by atoms with Crippen molar-refractivity contribution in [3.05, 3.63) is 36.1 Å². The molecule has 0 amide bonds. The fraction of sp³-hybridized carbons (Fsp3) is 0.154. The van der Waals surface area contributed by atoms with Crippen molar-refractivity contribution in [2.24, 2.45) is 7.05 Å². The van der Waals surface area contributed by atoms with Crippen LogP contribution in [0.25, 0.3) is 21.7 Å². The standard InChI is InChI=1S/C13H11N7S2/c1-20-3-8(2-18-20)12-19-9(4-21-12)5-22-13-10-11(15-6-14-10)16-7-17-13/h2-4,6-7H,5H2,1H3,(H,14,15,16,17). The van der Waals surface area contributed by atoms with Gasteiger partial charge in [0, 0.05) is 29.9 Å². The molecule has 0 aliphatic heterocycles. The summed E-state index contributed by atoms with van der Waals surface area (Å²) in [5.41, 5.74) is 3.63. The number of aromatic nitrogens is 7. The van der Waals surface area contributed by atoms with E-state index in [0.717, 1.165) is 32.6 Å². The van der Waals surface area contributed by atoms with E-state index in [2.05, 4.69) is 35.4 Å². The number of thioether (sulfide) groups is 1. The smallest absolute Gasteiger partial charge is 0.181 e. The fourth-order valence-corrected chi connectivity index (χ4v) is 3.78. The van der Waals surface area contributed by atoms with Crippen LogP contribution >= 0.6 is 23.1 Å². The molecule has 0 saturated heterocycles. The third kappa shape index (κ3) is 2.48. The Kier molecular flexibility index (Phi) is 3.35. The second-order valence-electron chi connectivity index (χ2n) is 4.62. The Bertz CT molecular complexity index is 923. The molecule has 9 heteroatoms. The van der Waals surface area contributed by atoms with E-state index in [4.69, 9.17) is 0 Å². The monoisotopic (exact) mass is 329 g/mol. The molecule has 0 radical (unpaired) electrons. The minimum absolute atomic E-state index is 0.687. The van der Waals surface area contributed by atoms with Crippen molar-refractivity contribution in [3.8, 4) is 10.6 Å². The zero-order chi connectivity index (χ0) is 14.9. The minimum Gasteiger partial charge on any atom is -0.341 e. The summed E-state index contributed by atoms with van der Waals surface area (Å²) in [6, 6.07) is 0. The molecule has 0 bridgehead atoms. The van der Waals surface area contributed by atoms with Gasteiger partial charge in [0.1, 0.15) is 21.9 Å². The molecule has 7 nitrogen and oxygen atoms in total. The summed E-state index contributed by atoms with van der Waals surface area (Å²) in [5, 5.41) is 8.12. The largest absolute Gasteiger partial charge is 0.341 e. The molecular weight excluding hydrogens is 318 g/mol. The number of nitrogens with zero attached hydrogens (tertiary/aromatic N) is 6. The molecule has 0 unspecified atom stereocenters. The average molecular weight is 329 g/mol. The number of aryl methyl sites for hydroxylation is 1. The Balaban J connectivity index is 1.52. The second kappa shape index (κ2) is 5.50. The van der Waals surface area contributed by atoms with Crippen LogP contribution in [0.4, 0.5) is 0 Å². The molecule has 4 aromatic rings. The molecule has 0 aromatic carbocycles. The molecule has 22 heavy (non-hydrogen) atoms. The number of aromatic amines is 1. The lowest BCUT2D eigenvalue weighted by molar-refractivity contribution is 0.768. The van der Waals surface area contributed by atoms with Crippen LogP contribution in [-0.4, -0.2) is 34.7 Å². The van der Waals surface area contributed by atoms with Gasteiger partial charge in [-0.25, -0.2) is 19.9 Å². The molecule has 4 aromatic heterocycles. The first-order valence-electron chi connectivity index (χ1n) is 6.50. The number of rotatable bonds is 4. The highest BCUT2D eigenvalue weighted by Crippen LogP contribution is 2.28. The Morgan fingerprint density at radius 2 is 2.27 bits per heavy atom. The van der Waals surface area contributed by atoms with E-state index in [-0.39, 0.29) is 0 Å². The molecule has 4 heterocycles. The number of fused-ring (bicyclic) bond motifs is 1. The van der Waals surface area contributed by atoms with Crippen LogP contribution in [0, 0.1) is 0 Å². The second-order valence-corrected chi connectivity index (χ2v) is 6.44. The van der Waals surface area contributed by atoms with Gasteiger partial charge in [-0.05, 0) is 0 Å². The Morgan fingerprint density at radius 1 is 1.32 bits per heavy atom. The quantitative estimate of drug-likeness (QED) is 0.457. The van der Waals surface area contributed by atoms with Crippen molar-refractivity contribution in [2.45, 2.75) is 10.8 Å². The fourth-order valence-electron chi connectivity index (χ4n) is 2.03. The highest BCUT2D eigenvalue weighted by atomic mass is 32.2. The van der Waals surface area contributed by atoms with E-state index >= 15 is 0 Å². The van der Waals surface area contributed by atoms with Gasteiger partial charge in [0.15, 0.2) is 5.65 Å². The Labute approximate surface area is 133 Å². The zero-order valence-electron chi connectivity index (χ0n) is 11.6. The van der Waals surface area contributed by atoms with Crippen molar-refractivity contribution >= 4 is 34.3 Å². The molecular formula is C13H11N7S2. The number of thiazole rings is 1. The van der Waals surface area contributed by atoms with E-state index in [1.165, 1.54) is 6.33 Å². The summed E-state index contributed by atoms with van der Waals surface area (Å²) < 4.78 is 1.78. The molecule has 0 spiro atoms. The number of hydrogen-bond donors (Lipinski definition) is 1. The van der Waals surface area contributed by atoms with Crippen LogP contribution in [-0.2, 0) is 12.8 Å². The lowest BCUT2D eigenvalue weighted by atomic mass is 10.4. The first-order valence-corrected chi connectivity index (χ1v) is 8.36. The third-order valence-corrected chi connectivity index (χ3v) is 5.01. The van der Waals surface area contributed by atoms with Gasteiger partial charge in [0.25, 0.3) is 0 Å². The van der Waals surface area contributed by atoms with Crippen molar-refractivity contribution < 1.29 is 0 Å². The van der Waals surface area contributed by atoms with E-state index in [1.807, 2.05) is 19.4 Å². The zero-order valence-corrected chi connectivity index (χ0v) is 13.2. The van der Waals surface area contributed by atoms with Crippen LogP contribution in [0.1, 0.15) is 5.69 Å². The third-order valence-electron chi connectivity index (χ3n) is 3.05. The van der Waals surface area contributed by atoms with Crippen LogP contribution in [0.15, 0.2) is 35.5 Å². The Morgan fingerprint density at radius 3 is 3.14 bits per heavy atom. The van der Waals surface area contributed by atoms with Crippen molar-refractivity contribution in [1.82, 2.24) is 34.7 Å². The normalized spacial score (nSPS) is 11.3. The van der Waals surface area contributed by atoms with Gasteiger partial charge in [-0.15, -0.1) is 11.3 Å². The maximum Gasteiger partial charge on any atom is 0.181 e. The van der Waals surface area contributed by atoms with E-state index in [1.54, 1.807) is 34.1 Å². The van der Waals surface area contributed by atoms with Gasteiger partial charge >= 0.3 is 0 Å². The highest BCUT2D eigenvalue weighted by Gasteiger charge is 2.10. The SMILES string of the molecule is Cn1cc(-c2nc(CSc3ncnc4nc[nH]c34)cs2)cn1. The van der Waals surface area contributed by atoms with Gasteiger partial charge < -0.3 is 4.98 Å². The predicted octanol–water partition coefficient (Wildman–Crippen LogP) is 2.50. The van der Waals surface area contributed by atoms with Gasteiger partial charge in [-0.1, -0.05) is 11.8 Å².